The van der Waals surface area contributed by atoms with Crippen molar-refractivity contribution in [2.24, 2.45) is 0 Å². The van der Waals surface area contributed by atoms with Crippen molar-refractivity contribution in [3.05, 3.63) is 23.2 Å². The van der Waals surface area contributed by atoms with Crippen LogP contribution in [-0.4, -0.2) is 33.1 Å². The molecule has 104 valence electrons. The third-order valence-corrected chi connectivity index (χ3v) is 3.03. The Morgan fingerprint density at radius 3 is 2.84 bits per heavy atom. The fraction of sp³-hybridized carbons (Fsp3) is 0.615. The van der Waals surface area contributed by atoms with Gasteiger partial charge in [0.2, 0.25) is 0 Å². The van der Waals surface area contributed by atoms with Crippen molar-refractivity contribution in [3.8, 4) is 0 Å². The smallest absolute Gasteiger partial charge is 0.410 e. The molecule has 1 aliphatic heterocycles. The van der Waals surface area contributed by atoms with Crippen LogP contribution in [0, 0.1) is 0 Å². The van der Waals surface area contributed by atoms with Crippen molar-refractivity contribution in [1.29, 1.82) is 0 Å². The van der Waals surface area contributed by atoms with Crippen LogP contribution in [0.1, 0.15) is 45.3 Å². The molecule has 0 aliphatic carbocycles. The van der Waals surface area contributed by atoms with Gasteiger partial charge < -0.3 is 4.74 Å². The summed E-state index contributed by atoms with van der Waals surface area (Å²) in [6, 6.07) is -0.0963. The van der Waals surface area contributed by atoms with Crippen LogP contribution < -0.4 is 0 Å². The Bertz CT molecular complexity index is 473. The van der Waals surface area contributed by atoms with Crippen LogP contribution in [0.2, 0.25) is 5.15 Å². The van der Waals surface area contributed by atoms with E-state index >= 15 is 0 Å². The number of carbonyl (C=O) groups excluding carboxylic acids is 1. The molecule has 5 nitrogen and oxygen atoms in total. The van der Waals surface area contributed by atoms with Gasteiger partial charge in [-0.1, -0.05) is 11.6 Å². The van der Waals surface area contributed by atoms with Gasteiger partial charge in [0, 0.05) is 6.54 Å². The number of hydrogen-bond donors (Lipinski definition) is 0. The molecule has 0 spiro atoms. The monoisotopic (exact) mass is 283 g/mol. The predicted octanol–water partition coefficient (Wildman–Crippen LogP) is 3.20. The quantitative estimate of drug-likeness (QED) is 0.794. The van der Waals surface area contributed by atoms with Crippen molar-refractivity contribution in [3.63, 3.8) is 0 Å². The fourth-order valence-electron chi connectivity index (χ4n) is 2.13. The lowest BCUT2D eigenvalue weighted by Gasteiger charge is -2.28. The number of rotatable bonds is 1. The summed E-state index contributed by atoms with van der Waals surface area (Å²) >= 11 is 5.85. The number of ether oxygens (including phenoxy) is 1. The van der Waals surface area contributed by atoms with E-state index in [0.717, 1.165) is 18.5 Å². The molecule has 0 radical (unpaired) electrons. The molecule has 0 unspecified atom stereocenters. The Hall–Kier alpha value is -1.36. The first-order valence-corrected chi connectivity index (χ1v) is 6.72. The number of amides is 1. The second-order valence-corrected chi connectivity index (χ2v) is 5.99. The summed E-state index contributed by atoms with van der Waals surface area (Å²) in [5, 5.41) is 0.341. The lowest BCUT2D eigenvalue weighted by Crippen LogP contribution is -2.36. The molecule has 0 aromatic carbocycles. The standard InChI is InChI=1S/C13H18ClN3O2/c1-13(2,3)19-12(18)17-6-4-5-10(17)9-7-15-8-11(14)16-9/h7-8,10H,4-6H2,1-3H3/t10-/m1/s1. The average Bonchev–Trinajstić information content (AvgIpc) is 2.75. The molecule has 0 saturated carbocycles. The number of likely N-dealkylation sites (tertiary alicyclic amines) is 1. The predicted molar refractivity (Wildman–Crippen MR) is 72.0 cm³/mol. The highest BCUT2D eigenvalue weighted by Crippen LogP contribution is 2.32. The third-order valence-electron chi connectivity index (χ3n) is 2.85. The fourth-order valence-corrected chi connectivity index (χ4v) is 2.28. The van der Waals surface area contributed by atoms with Gasteiger partial charge in [-0.2, -0.15) is 0 Å². The topological polar surface area (TPSA) is 55.3 Å². The van der Waals surface area contributed by atoms with Gasteiger partial charge >= 0.3 is 6.09 Å². The highest BCUT2D eigenvalue weighted by atomic mass is 35.5. The molecule has 1 saturated heterocycles. The highest BCUT2D eigenvalue weighted by Gasteiger charge is 2.34. The van der Waals surface area contributed by atoms with Gasteiger partial charge in [0.25, 0.3) is 0 Å². The highest BCUT2D eigenvalue weighted by molar-refractivity contribution is 6.29. The Balaban J connectivity index is 2.15. The molecular weight excluding hydrogens is 266 g/mol. The van der Waals surface area contributed by atoms with Crippen LogP contribution in [0.15, 0.2) is 12.4 Å². The van der Waals surface area contributed by atoms with Crippen molar-refractivity contribution < 1.29 is 9.53 Å². The van der Waals surface area contributed by atoms with Crippen LogP contribution in [0.25, 0.3) is 0 Å². The second kappa shape index (κ2) is 5.33. The zero-order chi connectivity index (χ0) is 14.0. The summed E-state index contributed by atoms with van der Waals surface area (Å²) in [6.45, 7) is 6.24. The van der Waals surface area contributed by atoms with Crippen molar-refractivity contribution >= 4 is 17.7 Å². The summed E-state index contributed by atoms with van der Waals surface area (Å²) in [5.41, 5.74) is 0.223. The van der Waals surface area contributed by atoms with Gasteiger partial charge in [-0.05, 0) is 33.6 Å². The summed E-state index contributed by atoms with van der Waals surface area (Å²) in [4.78, 5) is 22.1. The molecular formula is C13H18ClN3O2. The lowest BCUT2D eigenvalue weighted by molar-refractivity contribution is 0.0221. The van der Waals surface area contributed by atoms with Crippen LogP contribution in [0.3, 0.4) is 0 Å². The first-order chi connectivity index (χ1) is 8.87. The number of nitrogens with zero attached hydrogens (tertiary/aromatic N) is 3. The van der Waals surface area contributed by atoms with Crippen LogP contribution >= 0.6 is 11.6 Å². The van der Waals surface area contributed by atoms with Gasteiger partial charge in [-0.25, -0.2) is 9.78 Å². The van der Waals surface area contributed by atoms with Crippen molar-refractivity contribution in [2.75, 3.05) is 6.54 Å². The molecule has 2 rings (SSSR count). The minimum absolute atomic E-state index is 0.0963. The van der Waals surface area contributed by atoms with Gasteiger partial charge in [0.05, 0.1) is 24.1 Å². The van der Waals surface area contributed by atoms with Crippen LogP contribution in [0.5, 0.6) is 0 Å². The molecule has 1 amide bonds. The van der Waals surface area contributed by atoms with Gasteiger partial charge in [0.15, 0.2) is 0 Å². The maximum absolute atomic E-state index is 12.2. The molecule has 1 fully saturated rings. The van der Waals surface area contributed by atoms with E-state index in [0.29, 0.717) is 11.7 Å². The number of carbonyl (C=O) groups is 1. The SMILES string of the molecule is CC(C)(C)OC(=O)N1CCC[C@@H]1c1cncc(Cl)n1. The minimum atomic E-state index is -0.496. The van der Waals surface area contributed by atoms with E-state index in [1.807, 2.05) is 20.8 Å². The Kier molecular flexibility index (Phi) is 3.94. The zero-order valence-electron chi connectivity index (χ0n) is 11.4. The Labute approximate surface area is 117 Å². The molecule has 6 heteroatoms. The summed E-state index contributed by atoms with van der Waals surface area (Å²) in [5.74, 6) is 0. The third kappa shape index (κ3) is 3.56. The maximum Gasteiger partial charge on any atom is 0.410 e. The Morgan fingerprint density at radius 2 is 2.21 bits per heavy atom. The summed E-state index contributed by atoms with van der Waals surface area (Å²) in [7, 11) is 0. The van der Waals surface area contributed by atoms with E-state index in [4.69, 9.17) is 16.3 Å². The van der Waals surface area contributed by atoms with Crippen molar-refractivity contribution in [2.45, 2.75) is 45.3 Å². The van der Waals surface area contributed by atoms with E-state index in [2.05, 4.69) is 9.97 Å². The van der Waals surface area contributed by atoms with E-state index < -0.39 is 5.60 Å². The van der Waals surface area contributed by atoms with E-state index in [1.54, 1.807) is 11.1 Å². The van der Waals surface area contributed by atoms with E-state index in [1.165, 1.54) is 6.20 Å². The number of hydrogen-bond acceptors (Lipinski definition) is 4. The molecule has 1 aromatic heterocycles. The molecule has 0 N–H and O–H groups in total. The Morgan fingerprint density at radius 1 is 1.47 bits per heavy atom. The number of halogens is 1. The second-order valence-electron chi connectivity index (χ2n) is 5.60. The van der Waals surface area contributed by atoms with E-state index in [9.17, 15) is 4.79 Å². The molecule has 1 aromatic rings. The molecule has 1 aliphatic rings. The molecule has 0 bridgehead atoms. The van der Waals surface area contributed by atoms with Crippen molar-refractivity contribution in [1.82, 2.24) is 14.9 Å². The average molecular weight is 284 g/mol. The van der Waals surface area contributed by atoms with Gasteiger partial charge in [-0.15, -0.1) is 0 Å². The van der Waals surface area contributed by atoms with Gasteiger partial charge in [0.1, 0.15) is 10.8 Å². The lowest BCUT2D eigenvalue weighted by atomic mass is 10.1. The summed E-state index contributed by atoms with van der Waals surface area (Å²) < 4.78 is 5.41. The van der Waals surface area contributed by atoms with E-state index in [-0.39, 0.29) is 12.1 Å². The molecule has 19 heavy (non-hydrogen) atoms. The molecule has 2 heterocycles. The minimum Gasteiger partial charge on any atom is -0.444 e. The normalized spacial score (nSPS) is 19.6. The zero-order valence-corrected chi connectivity index (χ0v) is 12.1. The summed E-state index contributed by atoms with van der Waals surface area (Å²) in [6.07, 6.45) is 4.61. The largest absolute Gasteiger partial charge is 0.444 e. The van der Waals surface area contributed by atoms with Crippen LogP contribution in [-0.2, 0) is 4.74 Å². The molecule has 1 atom stereocenters. The first-order valence-electron chi connectivity index (χ1n) is 6.34. The van der Waals surface area contributed by atoms with Crippen LogP contribution in [0.4, 0.5) is 4.79 Å². The van der Waals surface area contributed by atoms with Gasteiger partial charge in [-0.3, -0.25) is 9.88 Å². The maximum atomic E-state index is 12.2. The first kappa shape index (κ1) is 14.1. The number of aromatic nitrogens is 2.